The molecule has 0 aliphatic rings. The van der Waals surface area contributed by atoms with Crippen LogP contribution in [0.1, 0.15) is 40.0 Å². The van der Waals surface area contributed by atoms with Gasteiger partial charge in [0, 0.05) is 18.7 Å². The number of rotatable bonds is 14. The van der Waals surface area contributed by atoms with Crippen LogP contribution in [0.4, 0.5) is 0 Å². The molecule has 28 heavy (non-hydrogen) atoms. The van der Waals surface area contributed by atoms with Crippen LogP contribution in [0, 0.1) is 0 Å². The minimum Gasteiger partial charge on any atom is -0.497 e. The Morgan fingerprint density at radius 2 is 1.71 bits per heavy atom. The predicted molar refractivity (Wildman–Crippen MR) is 118 cm³/mol. The van der Waals surface area contributed by atoms with E-state index >= 15 is 0 Å². The summed E-state index contributed by atoms with van der Waals surface area (Å²) in [7, 11) is 1.68. The molecule has 0 saturated heterocycles. The van der Waals surface area contributed by atoms with E-state index in [1.807, 2.05) is 31.2 Å². The average Bonchev–Trinajstić information content (AvgIpc) is 2.69. The fourth-order valence-corrected chi connectivity index (χ4v) is 2.68. The largest absolute Gasteiger partial charge is 0.497 e. The van der Waals surface area contributed by atoms with Crippen molar-refractivity contribution in [2.45, 2.75) is 40.0 Å². The van der Waals surface area contributed by atoms with Crippen LogP contribution in [0.3, 0.4) is 0 Å². The van der Waals surface area contributed by atoms with Crippen molar-refractivity contribution in [3.63, 3.8) is 0 Å². The molecule has 0 radical (unpaired) electrons. The van der Waals surface area contributed by atoms with Crippen LogP contribution in [-0.2, 0) is 4.74 Å². The molecule has 1 rings (SSSR count). The quantitative estimate of drug-likeness (QED) is 0.325. The molecule has 4 heteroatoms. The molecule has 1 aromatic carbocycles. The first-order valence-corrected chi connectivity index (χ1v) is 9.88. The maximum Gasteiger partial charge on any atom is 0.121 e. The molecule has 154 valence electrons. The van der Waals surface area contributed by atoms with E-state index in [2.05, 4.69) is 38.4 Å². The fourth-order valence-electron chi connectivity index (χ4n) is 2.68. The smallest absolute Gasteiger partial charge is 0.121 e. The Morgan fingerprint density at radius 3 is 2.25 bits per heavy atom. The Morgan fingerprint density at radius 1 is 1.07 bits per heavy atom. The number of benzene rings is 1. The van der Waals surface area contributed by atoms with Gasteiger partial charge in [-0.1, -0.05) is 31.7 Å². The van der Waals surface area contributed by atoms with Crippen LogP contribution in [0.15, 0.2) is 72.2 Å². The first-order valence-electron chi connectivity index (χ1n) is 9.88. The number of allylic oxidation sites excluding steroid dienone is 3. The molecule has 1 aromatic rings. The predicted octanol–water partition coefficient (Wildman–Crippen LogP) is 5.79. The minimum absolute atomic E-state index is 0.591. The molecule has 0 spiro atoms. The molecule has 0 fully saturated rings. The van der Waals surface area contributed by atoms with Gasteiger partial charge in [-0.05, 0) is 62.6 Å². The van der Waals surface area contributed by atoms with Gasteiger partial charge >= 0.3 is 0 Å². The summed E-state index contributed by atoms with van der Waals surface area (Å²) in [6.45, 7) is 16.2. The third-order valence-electron chi connectivity index (χ3n) is 4.22. The molecule has 0 aliphatic carbocycles. The first-order chi connectivity index (χ1) is 13.5. The van der Waals surface area contributed by atoms with Gasteiger partial charge in [0.15, 0.2) is 0 Å². The van der Waals surface area contributed by atoms with Crippen LogP contribution in [0.25, 0.3) is 0 Å². The molecule has 0 heterocycles. The fraction of sp³-hybridized carbons (Fsp3) is 0.417. The second-order valence-corrected chi connectivity index (χ2v) is 6.43. The minimum atomic E-state index is 0.591. The summed E-state index contributed by atoms with van der Waals surface area (Å²) >= 11 is 0. The zero-order valence-electron chi connectivity index (χ0n) is 17.8. The van der Waals surface area contributed by atoms with E-state index in [-0.39, 0.29) is 0 Å². The highest BCUT2D eigenvalue weighted by atomic mass is 16.5. The van der Waals surface area contributed by atoms with Gasteiger partial charge in [0.05, 0.1) is 20.3 Å². The van der Waals surface area contributed by atoms with Gasteiger partial charge < -0.3 is 19.5 Å². The SMILES string of the molecule is C=C/C(OC)=C(\C=C(/C)CCNC(=C)CCOc1ccc(OCC)cc1)CC. The summed E-state index contributed by atoms with van der Waals surface area (Å²) in [4.78, 5) is 0. The number of methoxy groups -OCH3 is 1. The molecule has 0 unspecified atom stereocenters. The monoisotopic (exact) mass is 385 g/mol. The van der Waals surface area contributed by atoms with E-state index in [1.54, 1.807) is 13.2 Å². The highest BCUT2D eigenvalue weighted by molar-refractivity contribution is 5.31. The van der Waals surface area contributed by atoms with Crippen LogP contribution < -0.4 is 14.8 Å². The maximum atomic E-state index is 5.76. The standard InChI is InChI=1S/C24H35NO3/c1-7-21(24(8-2)26-6)18-19(4)14-16-25-20(5)15-17-28-23-12-10-22(11-13-23)27-9-3/h8,10-13,18,25H,2,5,7,9,14-17H2,1,3-4,6H3/b19-18+,24-21+. The van der Waals surface area contributed by atoms with Gasteiger partial charge in [-0.15, -0.1) is 0 Å². The van der Waals surface area contributed by atoms with Gasteiger partial charge in [0.2, 0.25) is 0 Å². The second kappa shape index (κ2) is 13.5. The summed E-state index contributed by atoms with van der Waals surface area (Å²) in [5, 5.41) is 3.37. The molecule has 0 aliphatic heterocycles. The third kappa shape index (κ3) is 8.85. The average molecular weight is 386 g/mol. The van der Waals surface area contributed by atoms with Crippen molar-refractivity contribution < 1.29 is 14.2 Å². The summed E-state index contributed by atoms with van der Waals surface area (Å²) in [5.74, 6) is 2.53. The molecule has 4 nitrogen and oxygen atoms in total. The molecule has 0 aromatic heterocycles. The van der Waals surface area contributed by atoms with Crippen molar-refractivity contribution in [2.24, 2.45) is 0 Å². The normalized spacial score (nSPS) is 12.1. The first kappa shape index (κ1) is 23.4. The van der Waals surface area contributed by atoms with E-state index < -0.39 is 0 Å². The lowest BCUT2D eigenvalue weighted by Gasteiger charge is -2.12. The van der Waals surface area contributed by atoms with Crippen LogP contribution in [0.5, 0.6) is 11.5 Å². The van der Waals surface area contributed by atoms with Crippen molar-refractivity contribution in [2.75, 3.05) is 26.9 Å². The lowest BCUT2D eigenvalue weighted by Crippen LogP contribution is -2.16. The van der Waals surface area contributed by atoms with Gasteiger partial charge in [0.1, 0.15) is 17.3 Å². The lowest BCUT2D eigenvalue weighted by molar-refractivity contribution is 0.302. The zero-order chi connectivity index (χ0) is 20.8. The Kier molecular flexibility index (Phi) is 11.3. The van der Waals surface area contributed by atoms with Crippen molar-refractivity contribution in [1.29, 1.82) is 0 Å². The highest BCUT2D eigenvalue weighted by Crippen LogP contribution is 2.18. The Balaban J connectivity index is 2.33. The van der Waals surface area contributed by atoms with E-state index in [9.17, 15) is 0 Å². The molecule has 0 saturated carbocycles. The summed E-state index contributed by atoms with van der Waals surface area (Å²) in [6.07, 6.45) is 6.55. The van der Waals surface area contributed by atoms with Crippen LogP contribution >= 0.6 is 0 Å². The van der Waals surface area contributed by atoms with Crippen molar-refractivity contribution in [3.05, 3.63) is 72.2 Å². The van der Waals surface area contributed by atoms with E-state index in [0.29, 0.717) is 13.2 Å². The Bertz CT molecular complexity index is 672. The number of hydrogen-bond donors (Lipinski definition) is 1. The van der Waals surface area contributed by atoms with Crippen LogP contribution in [-0.4, -0.2) is 26.9 Å². The van der Waals surface area contributed by atoms with Crippen molar-refractivity contribution >= 4 is 0 Å². The number of ether oxygens (including phenoxy) is 3. The summed E-state index contributed by atoms with van der Waals surface area (Å²) in [5.41, 5.74) is 3.44. The third-order valence-corrected chi connectivity index (χ3v) is 4.22. The van der Waals surface area contributed by atoms with Gasteiger partial charge in [-0.2, -0.15) is 0 Å². The maximum absolute atomic E-state index is 5.76. The topological polar surface area (TPSA) is 39.7 Å². The van der Waals surface area contributed by atoms with Gasteiger partial charge in [0.25, 0.3) is 0 Å². The van der Waals surface area contributed by atoms with E-state index in [4.69, 9.17) is 14.2 Å². The molecule has 1 N–H and O–H groups in total. The molecule has 0 bridgehead atoms. The van der Waals surface area contributed by atoms with Gasteiger partial charge in [-0.25, -0.2) is 0 Å². The molecule has 0 amide bonds. The second-order valence-electron chi connectivity index (χ2n) is 6.43. The molecule has 0 atom stereocenters. The Hall–Kier alpha value is -2.62. The molecular weight excluding hydrogens is 350 g/mol. The van der Waals surface area contributed by atoms with Crippen molar-refractivity contribution in [3.8, 4) is 11.5 Å². The van der Waals surface area contributed by atoms with Crippen LogP contribution in [0.2, 0.25) is 0 Å². The van der Waals surface area contributed by atoms with E-state index in [1.165, 1.54) is 5.57 Å². The summed E-state index contributed by atoms with van der Waals surface area (Å²) in [6, 6.07) is 7.68. The van der Waals surface area contributed by atoms with Crippen molar-refractivity contribution in [1.82, 2.24) is 5.32 Å². The molecular formula is C24H35NO3. The highest BCUT2D eigenvalue weighted by Gasteiger charge is 2.02. The zero-order valence-corrected chi connectivity index (χ0v) is 17.8. The van der Waals surface area contributed by atoms with E-state index in [0.717, 1.165) is 54.3 Å². The Labute approximate surface area is 170 Å². The summed E-state index contributed by atoms with van der Waals surface area (Å²) < 4.78 is 16.5. The lowest BCUT2D eigenvalue weighted by atomic mass is 10.1. The number of hydrogen-bond acceptors (Lipinski definition) is 4. The number of nitrogens with one attached hydrogen (secondary N) is 1. The van der Waals surface area contributed by atoms with Gasteiger partial charge in [-0.3, -0.25) is 0 Å².